The van der Waals surface area contributed by atoms with Gasteiger partial charge >= 0.3 is 0 Å². The lowest BCUT2D eigenvalue weighted by Crippen LogP contribution is -1.82. The van der Waals surface area contributed by atoms with Crippen LogP contribution in [0.15, 0.2) is 18.2 Å². The molecular formula is C10H5ClO2S. The van der Waals surface area contributed by atoms with Crippen molar-refractivity contribution in [3.05, 3.63) is 33.7 Å². The highest BCUT2D eigenvalue weighted by molar-refractivity contribution is 7.21. The SMILES string of the molecule is O=Cc1sc2ccc(Cl)cc2c1C=O. The zero-order chi connectivity index (χ0) is 10.1. The average Bonchev–Trinajstić information content (AvgIpc) is 2.54. The predicted octanol–water partition coefficient (Wildman–Crippen LogP) is 3.18. The van der Waals surface area contributed by atoms with Gasteiger partial charge in [-0.3, -0.25) is 9.59 Å². The molecule has 0 bridgehead atoms. The molecule has 4 heteroatoms. The van der Waals surface area contributed by atoms with E-state index in [1.165, 1.54) is 11.3 Å². The van der Waals surface area contributed by atoms with Gasteiger partial charge in [-0.1, -0.05) is 11.6 Å². The van der Waals surface area contributed by atoms with E-state index in [0.29, 0.717) is 28.0 Å². The van der Waals surface area contributed by atoms with E-state index in [1.807, 2.05) is 6.07 Å². The van der Waals surface area contributed by atoms with Crippen LogP contribution < -0.4 is 0 Å². The first-order valence-electron chi connectivity index (χ1n) is 3.88. The summed E-state index contributed by atoms with van der Waals surface area (Å²) in [5, 5.41) is 1.32. The first kappa shape index (κ1) is 9.37. The van der Waals surface area contributed by atoms with Gasteiger partial charge in [0.05, 0.1) is 4.88 Å². The maximum Gasteiger partial charge on any atom is 0.160 e. The lowest BCUT2D eigenvalue weighted by Gasteiger charge is -1.91. The first-order chi connectivity index (χ1) is 6.76. The molecule has 0 saturated carbocycles. The van der Waals surface area contributed by atoms with Crippen LogP contribution in [0.1, 0.15) is 20.0 Å². The molecule has 1 heterocycles. The lowest BCUT2D eigenvalue weighted by atomic mass is 10.1. The normalized spacial score (nSPS) is 10.4. The molecule has 1 aromatic heterocycles. The number of rotatable bonds is 2. The number of hydrogen-bond donors (Lipinski definition) is 0. The van der Waals surface area contributed by atoms with Gasteiger partial charge in [-0.05, 0) is 18.2 Å². The Hall–Kier alpha value is -1.19. The van der Waals surface area contributed by atoms with Gasteiger partial charge in [-0.2, -0.15) is 0 Å². The second-order valence-electron chi connectivity index (χ2n) is 2.76. The molecule has 0 spiro atoms. The molecule has 0 unspecified atom stereocenters. The van der Waals surface area contributed by atoms with Crippen LogP contribution in [0.5, 0.6) is 0 Å². The number of hydrogen-bond acceptors (Lipinski definition) is 3. The highest BCUT2D eigenvalue weighted by Crippen LogP contribution is 2.31. The van der Waals surface area contributed by atoms with Gasteiger partial charge in [0.25, 0.3) is 0 Å². The molecule has 0 N–H and O–H groups in total. The van der Waals surface area contributed by atoms with E-state index in [-0.39, 0.29) is 0 Å². The molecule has 0 amide bonds. The summed E-state index contributed by atoms with van der Waals surface area (Å²) in [5.41, 5.74) is 0.433. The number of benzene rings is 1. The van der Waals surface area contributed by atoms with Crippen LogP contribution in [0.3, 0.4) is 0 Å². The van der Waals surface area contributed by atoms with Crippen molar-refractivity contribution in [1.29, 1.82) is 0 Å². The number of carbonyl (C=O) groups excluding carboxylic acids is 2. The summed E-state index contributed by atoms with van der Waals surface area (Å²) >= 11 is 7.10. The number of thiophene rings is 1. The summed E-state index contributed by atoms with van der Waals surface area (Å²) in [6, 6.07) is 5.25. The Morgan fingerprint density at radius 1 is 1.21 bits per heavy atom. The first-order valence-corrected chi connectivity index (χ1v) is 5.08. The fourth-order valence-corrected chi connectivity index (χ4v) is 2.46. The molecule has 0 aliphatic heterocycles. The molecule has 0 atom stereocenters. The molecule has 2 aromatic rings. The maximum absolute atomic E-state index is 10.8. The van der Waals surface area contributed by atoms with Crippen molar-refractivity contribution in [2.24, 2.45) is 0 Å². The van der Waals surface area contributed by atoms with E-state index in [0.717, 1.165) is 10.1 Å². The van der Waals surface area contributed by atoms with Crippen molar-refractivity contribution in [2.75, 3.05) is 0 Å². The topological polar surface area (TPSA) is 34.1 Å². The van der Waals surface area contributed by atoms with Gasteiger partial charge in [0, 0.05) is 20.7 Å². The van der Waals surface area contributed by atoms with E-state index >= 15 is 0 Å². The summed E-state index contributed by atoms with van der Waals surface area (Å²) in [4.78, 5) is 21.9. The molecule has 0 saturated heterocycles. The van der Waals surface area contributed by atoms with E-state index in [2.05, 4.69) is 0 Å². The van der Waals surface area contributed by atoms with Crippen molar-refractivity contribution in [3.63, 3.8) is 0 Å². The van der Waals surface area contributed by atoms with Gasteiger partial charge in [-0.15, -0.1) is 11.3 Å². The third kappa shape index (κ3) is 1.35. The molecule has 0 aliphatic rings. The predicted molar refractivity (Wildman–Crippen MR) is 57.6 cm³/mol. The molecule has 2 nitrogen and oxygen atoms in total. The molecule has 70 valence electrons. The second kappa shape index (κ2) is 3.52. The summed E-state index contributed by atoms with van der Waals surface area (Å²) < 4.78 is 0.901. The second-order valence-corrected chi connectivity index (χ2v) is 4.28. The lowest BCUT2D eigenvalue weighted by molar-refractivity contribution is 0.109. The molecule has 0 radical (unpaired) electrons. The van der Waals surface area contributed by atoms with E-state index < -0.39 is 0 Å². The minimum absolute atomic E-state index is 0.433. The highest BCUT2D eigenvalue weighted by Gasteiger charge is 2.10. The Kier molecular flexibility index (Phi) is 2.35. The van der Waals surface area contributed by atoms with Crippen LogP contribution in [-0.2, 0) is 0 Å². The minimum atomic E-state index is 0.433. The van der Waals surface area contributed by atoms with Gasteiger partial charge in [-0.25, -0.2) is 0 Å². The largest absolute Gasteiger partial charge is 0.298 e. The zero-order valence-electron chi connectivity index (χ0n) is 6.99. The highest BCUT2D eigenvalue weighted by atomic mass is 35.5. The number of halogens is 1. The summed E-state index contributed by atoms with van der Waals surface area (Å²) in [6.45, 7) is 0. The fraction of sp³-hybridized carbons (Fsp3) is 0. The fourth-order valence-electron chi connectivity index (χ4n) is 1.32. The third-order valence-corrected chi connectivity index (χ3v) is 3.29. The maximum atomic E-state index is 10.8. The van der Waals surface area contributed by atoms with Crippen LogP contribution in [0.4, 0.5) is 0 Å². The molecule has 2 rings (SSSR count). The monoisotopic (exact) mass is 224 g/mol. The third-order valence-electron chi connectivity index (χ3n) is 1.94. The average molecular weight is 225 g/mol. The number of aldehydes is 2. The Morgan fingerprint density at radius 2 is 2.00 bits per heavy atom. The summed E-state index contributed by atoms with van der Waals surface area (Å²) in [6.07, 6.45) is 1.39. The van der Waals surface area contributed by atoms with E-state index in [1.54, 1.807) is 12.1 Å². The molecule has 1 aromatic carbocycles. The quantitative estimate of drug-likeness (QED) is 0.735. The van der Waals surface area contributed by atoms with E-state index in [9.17, 15) is 9.59 Å². The van der Waals surface area contributed by atoms with Crippen molar-refractivity contribution >= 4 is 45.6 Å². The molecule has 0 aliphatic carbocycles. The Balaban J connectivity index is 2.87. The van der Waals surface area contributed by atoms with Gasteiger partial charge in [0.1, 0.15) is 0 Å². The zero-order valence-corrected chi connectivity index (χ0v) is 8.56. The molecule has 14 heavy (non-hydrogen) atoms. The number of carbonyl (C=O) groups is 2. The summed E-state index contributed by atoms with van der Waals surface area (Å²) in [7, 11) is 0. The number of fused-ring (bicyclic) bond motifs is 1. The van der Waals surface area contributed by atoms with Crippen molar-refractivity contribution in [1.82, 2.24) is 0 Å². The Bertz CT molecular complexity index is 516. The minimum Gasteiger partial charge on any atom is -0.298 e. The van der Waals surface area contributed by atoms with Crippen LogP contribution in [0.25, 0.3) is 10.1 Å². The van der Waals surface area contributed by atoms with Crippen LogP contribution in [0, 0.1) is 0 Å². The van der Waals surface area contributed by atoms with Crippen molar-refractivity contribution < 1.29 is 9.59 Å². The van der Waals surface area contributed by atoms with Gasteiger partial charge < -0.3 is 0 Å². The van der Waals surface area contributed by atoms with E-state index in [4.69, 9.17) is 11.6 Å². The smallest absolute Gasteiger partial charge is 0.160 e. The van der Waals surface area contributed by atoms with Crippen LogP contribution >= 0.6 is 22.9 Å². The van der Waals surface area contributed by atoms with Crippen LogP contribution in [0.2, 0.25) is 5.02 Å². The summed E-state index contributed by atoms with van der Waals surface area (Å²) in [5.74, 6) is 0. The Labute approximate surface area is 89.1 Å². The Morgan fingerprint density at radius 3 is 2.64 bits per heavy atom. The van der Waals surface area contributed by atoms with Crippen molar-refractivity contribution in [2.45, 2.75) is 0 Å². The molecule has 0 fully saturated rings. The standard InChI is InChI=1S/C10H5ClO2S/c11-6-1-2-9-7(3-6)8(4-12)10(5-13)14-9/h1-5H. The van der Waals surface area contributed by atoms with Crippen LogP contribution in [-0.4, -0.2) is 12.6 Å². The van der Waals surface area contributed by atoms with Crippen molar-refractivity contribution in [3.8, 4) is 0 Å². The molecular weight excluding hydrogens is 220 g/mol. The van der Waals surface area contributed by atoms with Gasteiger partial charge in [0.15, 0.2) is 12.6 Å². The van der Waals surface area contributed by atoms with Gasteiger partial charge in [0.2, 0.25) is 0 Å².